The Balaban J connectivity index is 3.35. The number of hydrazine groups is 1. The lowest BCUT2D eigenvalue weighted by Crippen LogP contribution is -2.32. The minimum atomic E-state index is 0.174. The molecule has 3 N–H and O–H groups in total. The monoisotopic (exact) mass is 112 g/mol. The zero-order valence-corrected chi connectivity index (χ0v) is 4.93. The molecule has 0 amide bonds. The van der Waals surface area contributed by atoms with Gasteiger partial charge in [-0.15, -0.1) is 13.2 Å². The van der Waals surface area contributed by atoms with Crippen LogP contribution in [0.4, 0.5) is 0 Å². The average Bonchev–Trinajstić information content (AvgIpc) is 1.83. The molecule has 0 aliphatic carbocycles. The molecule has 0 heterocycles. The topological polar surface area (TPSA) is 38.0 Å². The molecule has 0 fully saturated rings. The molecule has 2 nitrogen and oxygen atoms in total. The van der Waals surface area contributed by atoms with Gasteiger partial charge in [-0.25, -0.2) is 0 Å². The Bertz CT molecular complexity index is 78.6. The fraction of sp³-hybridized carbons (Fsp3) is 0.333. The second-order valence-electron chi connectivity index (χ2n) is 1.53. The second-order valence-corrected chi connectivity index (χ2v) is 1.53. The van der Waals surface area contributed by atoms with Crippen LogP contribution in [-0.4, -0.2) is 6.04 Å². The second kappa shape index (κ2) is 4.56. The molecule has 0 aromatic rings. The summed E-state index contributed by atoms with van der Waals surface area (Å²) in [7, 11) is 0. The largest absolute Gasteiger partial charge is 0.271 e. The zero-order valence-electron chi connectivity index (χ0n) is 4.93. The molecule has 1 atom stereocenters. The van der Waals surface area contributed by atoms with Crippen molar-refractivity contribution in [3.8, 4) is 0 Å². The summed E-state index contributed by atoms with van der Waals surface area (Å²) in [6.45, 7) is 7.11. The Hall–Kier alpha value is -0.600. The first-order chi connectivity index (χ1) is 3.85. The van der Waals surface area contributed by atoms with E-state index < -0.39 is 0 Å². The molecule has 0 aliphatic heterocycles. The van der Waals surface area contributed by atoms with Crippen LogP contribution in [0, 0.1) is 0 Å². The van der Waals surface area contributed by atoms with Gasteiger partial charge in [0.25, 0.3) is 0 Å². The number of rotatable bonds is 4. The van der Waals surface area contributed by atoms with Crippen molar-refractivity contribution in [2.24, 2.45) is 5.84 Å². The standard InChI is InChI=1S/C6H12N2/c1-3-5-6(4-2)8-7/h3-4,6,8H,1-2,5,7H2. The number of nitrogens with two attached hydrogens (primary N) is 1. The molecule has 0 aromatic heterocycles. The fourth-order valence-corrected chi connectivity index (χ4v) is 0.412. The third-order valence-corrected chi connectivity index (χ3v) is 0.919. The van der Waals surface area contributed by atoms with Gasteiger partial charge in [0, 0.05) is 6.04 Å². The van der Waals surface area contributed by atoms with Crippen LogP contribution in [0.3, 0.4) is 0 Å². The highest BCUT2D eigenvalue weighted by atomic mass is 15.2. The molecule has 0 aliphatic rings. The SMILES string of the molecule is C=CCC(C=C)NN. The summed E-state index contributed by atoms with van der Waals surface area (Å²) in [6.07, 6.45) is 4.38. The van der Waals surface area contributed by atoms with E-state index in [0.29, 0.717) is 0 Å². The molecular formula is C6H12N2. The van der Waals surface area contributed by atoms with Crippen molar-refractivity contribution < 1.29 is 0 Å². The van der Waals surface area contributed by atoms with Crippen LogP contribution in [0.15, 0.2) is 25.3 Å². The van der Waals surface area contributed by atoms with Crippen LogP contribution in [-0.2, 0) is 0 Å². The van der Waals surface area contributed by atoms with E-state index >= 15 is 0 Å². The van der Waals surface area contributed by atoms with E-state index in [4.69, 9.17) is 5.84 Å². The summed E-state index contributed by atoms with van der Waals surface area (Å²) < 4.78 is 0. The third kappa shape index (κ3) is 2.55. The first kappa shape index (κ1) is 7.40. The maximum atomic E-state index is 5.10. The number of hydrogen-bond donors (Lipinski definition) is 2. The molecule has 46 valence electrons. The minimum absolute atomic E-state index is 0.174. The summed E-state index contributed by atoms with van der Waals surface area (Å²) in [5.74, 6) is 5.10. The molecule has 0 saturated carbocycles. The zero-order chi connectivity index (χ0) is 6.41. The van der Waals surface area contributed by atoms with Crippen molar-refractivity contribution >= 4 is 0 Å². The van der Waals surface area contributed by atoms with Gasteiger partial charge >= 0.3 is 0 Å². The van der Waals surface area contributed by atoms with Gasteiger partial charge in [-0.3, -0.25) is 11.3 Å². The van der Waals surface area contributed by atoms with Gasteiger partial charge < -0.3 is 0 Å². The van der Waals surface area contributed by atoms with E-state index in [0.717, 1.165) is 6.42 Å². The highest BCUT2D eigenvalue weighted by Crippen LogP contribution is 1.89. The summed E-state index contributed by atoms with van der Waals surface area (Å²) in [6, 6.07) is 0.174. The smallest absolute Gasteiger partial charge is 0.0422 e. The van der Waals surface area contributed by atoms with Crippen LogP contribution in [0.25, 0.3) is 0 Å². The molecular weight excluding hydrogens is 100 g/mol. The van der Waals surface area contributed by atoms with Crippen LogP contribution in [0.2, 0.25) is 0 Å². The van der Waals surface area contributed by atoms with E-state index in [1.165, 1.54) is 0 Å². The van der Waals surface area contributed by atoms with E-state index in [2.05, 4.69) is 18.6 Å². The summed E-state index contributed by atoms with van der Waals surface area (Å²) in [5.41, 5.74) is 2.56. The van der Waals surface area contributed by atoms with Gasteiger partial charge in [0.15, 0.2) is 0 Å². The van der Waals surface area contributed by atoms with Crippen molar-refractivity contribution in [3.05, 3.63) is 25.3 Å². The quantitative estimate of drug-likeness (QED) is 0.317. The lowest BCUT2D eigenvalue weighted by molar-refractivity contribution is 0.628. The van der Waals surface area contributed by atoms with E-state index in [1.54, 1.807) is 12.2 Å². The summed E-state index contributed by atoms with van der Waals surface area (Å²) >= 11 is 0. The fourth-order valence-electron chi connectivity index (χ4n) is 0.412. The Morgan fingerprint density at radius 2 is 2.25 bits per heavy atom. The maximum Gasteiger partial charge on any atom is 0.0422 e. The van der Waals surface area contributed by atoms with E-state index in [1.807, 2.05) is 0 Å². The molecule has 0 saturated heterocycles. The van der Waals surface area contributed by atoms with Gasteiger partial charge in [-0.05, 0) is 6.42 Å². The Morgan fingerprint density at radius 3 is 2.38 bits per heavy atom. The van der Waals surface area contributed by atoms with Crippen LogP contribution >= 0.6 is 0 Å². The molecule has 0 aromatic carbocycles. The number of nitrogens with one attached hydrogen (secondary N) is 1. The van der Waals surface area contributed by atoms with Gasteiger partial charge in [0.05, 0.1) is 0 Å². The van der Waals surface area contributed by atoms with Gasteiger partial charge in [-0.1, -0.05) is 12.2 Å². The maximum absolute atomic E-state index is 5.10. The average molecular weight is 112 g/mol. The molecule has 2 heteroatoms. The van der Waals surface area contributed by atoms with Crippen molar-refractivity contribution in [1.29, 1.82) is 0 Å². The molecule has 1 unspecified atom stereocenters. The predicted octanol–water partition coefficient (Wildman–Crippen LogP) is 0.580. The lowest BCUT2D eigenvalue weighted by atomic mass is 10.2. The van der Waals surface area contributed by atoms with Crippen molar-refractivity contribution in [2.45, 2.75) is 12.5 Å². The molecule has 0 bridgehead atoms. The minimum Gasteiger partial charge on any atom is -0.271 e. The Morgan fingerprint density at radius 1 is 1.62 bits per heavy atom. The van der Waals surface area contributed by atoms with Gasteiger partial charge in [0.1, 0.15) is 0 Å². The predicted molar refractivity (Wildman–Crippen MR) is 36.1 cm³/mol. The molecule has 0 rings (SSSR count). The summed E-state index contributed by atoms with van der Waals surface area (Å²) in [5, 5.41) is 0. The normalized spacial score (nSPS) is 12.6. The third-order valence-electron chi connectivity index (χ3n) is 0.919. The first-order valence-corrected chi connectivity index (χ1v) is 2.54. The lowest BCUT2D eigenvalue weighted by Gasteiger charge is -2.05. The first-order valence-electron chi connectivity index (χ1n) is 2.54. The Labute approximate surface area is 50.0 Å². The summed E-state index contributed by atoms with van der Waals surface area (Å²) in [4.78, 5) is 0. The van der Waals surface area contributed by atoms with Crippen molar-refractivity contribution in [1.82, 2.24) is 5.43 Å². The highest BCUT2D eigenvalue weighted by molar-refractivity contribution is 4.89. The highest BCUT2D eigenvalue weighted by Gasteiger charge is 1.93. The molecule has 0 radical (unpaired) electrons. The Kier molecular flexibility index (Phi) is 4.21. The van der Waals surface area contributed by atoms with Gasteiger partial charge in [-0.2, -0.15) is 0 Å². The van der Waals surface area contributed by atoms with Crippen LogP contribution in [0.1, 0.15) is 6.42 Å². The van der Waals surface area contributed by atoms with E-state index in [9.17, 15) is 0 Å². The molecule has 0 spiro atoms. The van der Waals surface area contributed by atoms with Crippen molar-refractivity contribution in [2.75, 3.05) is 0 Å². The van der Waals surface area contributed by atoms with Gasteiger partial charge in [0.2, 0.25) is 0 Å². The van der Waals surface area contributed by atoms with Crippen molar-refractivity contribution in [3.63, 3.8) is 0 Å². The van der Waals surface area contributed by atoms with E-state index in [-0.39, 0.29) is 6.04 Å². The molecule has 8 heavy (non-hydrogen) atoms. The van der Waals surface area contributed by atoms with Crippen LogP contribution in [0.5, 0.6) is 0 Å². The van der Waals surface area contributed by atoms with Crippen LogP contribution < -0.4 is 11.3 Å². The number of hydrogen-bond acceptors (Lipinski definition) is 2.